The largest absolute Gasteiger partial charge is 0.330 e. The molecule has 18 heavy (non-hydrogen) atoms. The Morgan fingerprint density at radius 2 is 1.94 bits per heavy atom. The van der Waals surface area contributed by atoms with E-state index in [1.165, 1.54) is 42.9 Å². The van der Waals surface area contributed by atoms with E-state index in [0.717, 1.165) is 25.6 Å². The van der Waals surface area contributed by atoms with Crippen molar-refractivity contribution in [1.29, 1.82) is 0 Å². The first-order chi connectivity index (χ1) is 8.65. The van der Waals surface area contributed by atoms with Crippen molar-refractivity contribution in [2.45, 2.75) is 46.7 Å². The summed E-state index contributed by atoms with van der Waals surface area (Å²) in [6.07, 6.45) is 2.49. The van der Waals surface area contributed by atoms with Crippen LogP contribution >= 0.6 is 0 Å². The number of nitrogens with two attached hydrogens (primary N) is 1. The van der Waals surface area contributed by atoms with E-state index in [2.05, 4.69) is 35.5 Å². The minimum absolute atomic E-state index is 0.738. The van der Waals surface area contributed by atoms with Crippen molar-refractivity contribution in [3.8, 4) is 0 Å². The van der Waals surface area contributed by atoms with Crippen molar-refractivity contribution in [2.24, 2.45) is 11.7 Å². The van der Waals surface area contributed by atoms with Crippen LogP contribution in [-0.4, -0.2) is 34.3 Å². The Balaban J connectivity index is 2.00. The second-order valence-electron chi connectivity index (χ2n) is 5.42. The van der Waals surface area contributed by atoms with Crippen LogP contribution in [0.15, 0.2) is 0 Å². The van der Waals surface area contributed by atoms with E-state index in [0.29, 0.717) is 0 Å². The van der Waals surface area contributed by atoms with Crippen LogP contribution in [0.2, 0.25) is 0 Å². The van der Waals surface area contributed by atoms with Gasteiger partial charge in [0.15, 0.2) is 0 Å². The Hall–Kier alpha value is -0.870. The Morgan fingerprint density at radius 3 is 2.44 bits per heavy atom. The third-order valence-corrected chi connectivity index (χ3v) is 4.25. The van der Waals surface area contributed by atoms with Crippen molar-refractivity contribution in [2.75, 3.05) is 19.6 Å². The lowest BCUT2D eigenvalue weighted by atomic mass is 9.96. The quantitative estimate of drug-likeness (QED) is 0.884. The van der Waals surface area contributed by atoms with Crippen molar-refractivity contribution < 1.29 is 0 Å². The minimum Gasteiger partial charge on any atom is -0.330 e. The van der Waals surface area contributed by atoms with Crippen molar-refractivity contribution >= 4 is 0 Å². The van der Waals surface area contributed by atoms with Crippen molar-refractivity contribution in [3.05, 3.63) is 17.0 Å². The van der Waals surface area contributed by atoms with Gasteiger partial charge in [0.25, 0.3) is 0 Å². The van der Waals surface area contributed by atoms with Crippen LogP contribution < -0.4 is 5.73 Å². The first-order valence-corrected chi connectivity index (χ1v) is 7.11. The number of rotatable bonds is 4. The van der Waals surface area contributed by atoms with E-state index in [9.17, 15) is 0 Å². The Labute approximate surface area is 110 Å². The summed E-state index contributed by atoms with van der Waals surface area (Å²) in [7, 11) is 0. The highest BCUT2D eigenvalue weighted by atomic mass is 15.3. The summed E-state index contributed by atoms with van der Waals surface area (Å²) < 4.78 is 2.11. The molecular formula is C14H26N4. The molecule has 2 N–H and O–H groups in total. The molecule has 0 aromatic carbocycles. The zero-order chi connectivity index (χ0) is 13.1. The molecule has 2 rings (SSSR count). The van der Waals surface area contributed by atoms with Crippen LogP contribution in [0.5, 0.6) is 0 Å². The first kappa shape index (κ1) is 13.6. The lowest BCUT2D eigenvalue weighted by molar-refractivity contribution is 0.180. The smallest absolute Gasteiger partial charge is 0.0641 e. The molecular weight excluding hydrogens is 224 g/mol. The molecule has 1 aliphatic rings. The van der Waals surface area contributed by atoms with Gasteiger partial charge in [-0.3, -0.25) is 9.58 Å². The van der Waals surface area contributed by atoms with Gasteiger partial charge in [-0.1, -0.05) is 0 Å². The molecule has 0 atom stereocenters. The summed E-state index contributed by atoms with van der Waals surface area (Å²) in [5.41, 5.74) is 9.68. The lowest BCUT2D eigenvalue weighted by Crippen LogP contribution is -2.35. The minimum atomic E-state index is 0.738. The highest BCUT2D eigenvalue weighted by Crippen LogP contribution is 2.21. The average molecular weight is 250 g/mol. The van der Waals surface area contributed by atoms with Crippen LogP contribution in [0.4, 0.5) is 0 Å². The third-order valence-electron chi connectivity index (χ3n) is 4.25. The van der Waals surface area contributed by atoms with Gasteiger partial charge in [0.2, 0.25) is 0 Å². The molecule has 1 aliphatic heterocycles. The Kier molecular flexibility index (Phi) is 4.40. The number of piperidine rings is 1. The van der Waals surface area contributed by atoms with Crippen molar-refractivity contribution in [1.82, 2.24) is 14.7 Å². The highest BCUT2D eigenvalue weighted by molar-refractivity contribution is 5.24. The van der Waals surface area contributed by atoms with Crippen LogP contribution in [0.3, 0.4) is 0 Å². The van der Waals surface area contributed by atoms with Gasteiger partial charge in [-0.25, -0.2) is 0 Å². The highest BCUT2D eigenvalue weighted by Gasteiger charge is 2.20. The molecule has 4 nitrogen and oxygen atoms in total. The van der Waals surface area contributed by atoms with Gasteiger partial charge in [0.1, 0.15) is 0 Å². The summed E-state index contributed by atoms with van der Waals surface area (Å²) >= 11 is 0. The van der Waals surface area contributed by atoms with E-state index in [1.54, 1.807) is 0 Å². The summed E-state index contributed by atoms with van der Waals surface area (Å²) in [5, 5.41) is 4.60. The summed E-state index contributed by atoms with van der Waals surface area (Å²) in [4.78, 5) is 2.54. The second kappa shape index (κ2) is 5.85. The van der Waals surface area contributed by atoms with Crippen LogP contribution in [-0.2, 0) is 13.1 Å². The van der Waals surface area contributed by atoms with E-state index >= 15 is 0 Å². The summed E-state index contributed by atoms with van der Waals surface area (Å²) in [5.74, 6) is 0.738. The third kappa shape index (κ3) is 2.75. The van der Waals surface area contributed by atoms with Gasteiger partial charge in [-0.05, 0) is 59.2 Å². The molecule has 2 heterocycles. The molecule has 0 amide bonds. The number of likely N-dealkylation sites (tertiary alicyclic amines) is 1. The van der Waals surface area contributed by atoms with Gasteiger partial charge < -0.3 is 5.73 Å². The van der Waals surface area contributed by atoms with E-state index in [4.69, 9.17) is 5.73 Å². The molecule has 0 unspecified atom stereocenters. The van der Waals surface area contributed by atoms with Crippen LogP contribution in [0, 0.1) is 19.8 Å². The van der Waals surface area contributed by atoms with Crippen molar-refractivity contribution in [3.63, 3.8) is 0 Å². The number of hydrogen-bond donors (Lipinski definition) is 1. The maximum Gasteiger partial charge on any atom is 0.0641 e. The molecule has 4 heteroatoms. The summed E-state index contributed by atoms with van der Waals surface area (Å²) in [6.45, 7) is 11.7. The number of hydrogen-bond acceptors (Lipinski definition) is 3. The first-order valence-electron chi connectivity index (χ1n) is 7.11. The zero-order valence-electron chi connectivity index (χ0n) is 11.9. The SMILES string of the molecule is CCn1nc(C)c(CN2CCC(CN)CC2)c1C. The molecule has 1 saturated heterocycles. The molecule has 1 fully saturated rings. The summed E-state index contributed by atoms with van der Waals surface area (Å²) in [6, 6.07) is 0. The normalized spacial score (nSPS) is 18.4. The fraction of sp³-hybridized carbons (Fsp3) is 0.786. The van der Waals surface area contributed by atoms with Crippen LogP contribution in [0.1, 0.15) is 36.7 Å². The van der Waals surface area contributed by atoms with Gasteiger partial charge in [0, 0.05) is 24.3 Å². The standard InChI is InChI=1S/C14H26N4/c1-4-18-12(3)14(11(2)16-18)10-17-7-5-13(9-15)6-8-17/h13H,4-10,15H2,1-3H3. The van der Waals surface area contributed by atoms with Crippen LogP contribution in [0.25, 0.3) is 0 Å². The van der Waals surface area contributed by atoms with E-state index in [1.807, 2.05) is 0 Å². The molecule has 102 valence electrons. The van der Waals surface area contributed by atoms with Gasteiger partial charge in [0.05, 0.1) is 5.69 Å². The molecule has 1 aromatic rings. The van der Waals surface area contributed by atoms with Gasteiger partial charge in [-0.2, -0.15) is 5.10 Å². The van der Waals surface area contributed by atoms with Gasteiger partial charge in [-0.15, -0.1) is 0 Å². The number of aromatic nitrogens is 2. The fourth-order valence-electron chi connectivity index (χ4n) is 2.87. The molecule has 0 radical (unpaired) electrons. The maximum atomic E-state index is 5.74. The molecule has 1 aromatic heterocycles. The van der Waals surface area contributed by atoms with Gasteiger partial charge >= 0.3 is 0 Å². The fourth-order valence-corrected chi connectivity index (χ4v) is 2.87. The monoisotopic (exact) mass is 250 g/mol. The predicted molar refractivity (Wildman–Crippen MR) is 74.4 cm³/mol. The number of aryl methyl sites for hydroxylation is 2. The predicted octanol–water partition coefficient (Wildman–Crippen LogP) is 1.69. The Morgan fingerprint density at radius 1 is 1.28 bits per heavy atom. The molecule has 0 bridgehead atoms. The average Bonchev–Trinajstić information content (AvgIpc) is 2.67. The Bertz CT molecular complexity index is 389. The molecule has 0 saturated carbocycles. The lowest BCUT2D eigenvalue weighted by Gasteiger charge is -2.31. The molecule has 0 aliphatic carbocycles. The molecule has 0 spiro atoms. The zero-order valence-corrected chi connectivity index (χ0v) is 11.9. The second-order valence-corrected chi connectivity index (χ2v) is 5.42. The van der Waals surface area contributed by atoms with E-state index in [-0.39, 0.29) is 0 Å². The maximum absolute atomic E-state index is 5.74. The van der Waals surface area contributed by atoms with E-state index < -0.39 is 0 Å². The number of nitrogens with zero attached hydrogens (tertiary/aromatic N) is 3. The topological polar surface area (TPSA) is 47.1 Å².